The van der Waals surface area contributed by atoms with Gasteiger partial charge in [-0.05, 0) is 42.4 Å². The van der Waals surface area contributed by atoms with Crippen LogP contribution in [0.3, 0.4) is 0 Å². The molecule has 2 aromatic carbocycles. The van der Waals surface area contributed by atoms with Gasteiger partial charge in [0.1, 0.15) is 0 Å². The van der Waals surface area contributed by atoms with E-state index in [1.807, 2.05) is 18.2 Å². The van der Waals surface area contributed by atoms with Crippen LogP contribution in [0.5, 0.6) is 0 Å². The molecule has 146 valence electrons. The second-order valence-electron chi connectivity index (χ2n) is 6.82. The largest absolute Gasteiger partial charge is 0.372 e. The van der Waals surface area contributed by atoms with Gasteiger partial charge in [-0.3, -0.25) is 0 Å². The number of nitrogens with one attached hydrogen (secondary N) is 2. The van der Waals surface area contributed by atoms with Gasteiger partial charge in [0.05, 0.1) is 19.8 Å². The van der Waals surface area contributed by atoms with Crippen LogP contribution in [0.2, 0.25) is 0 Å². The average Bonchev–Trinajstić information content (AvgIpc) is 3.50. The molecule has 0 radical (unpaired) electrons. The monoisotopic (exact) mass is 479 g/mol. The Morgan fingerprint density at radius 3 is 2.41 bits per heavy atom. The van der Waals surface area contributed by atoms with Crippen LogP contribution < -0.4 is 10.6 Å². The maximum absolute atomic E-state index is 5.84. The van der Waals surface area contributed by atoms with E-state index in [-0.39, 0.29) is 24.0 Å². The number of hydrogen-bond acceptors (Lipinski definition) is 2. The van der Waals surface area contributed by atoms with Gasteiger partial charge >= 0.3 is 0 Å². The van der Waals surface area contributed by atoms with Gasteiger partial charge in [0.25, 0.3) is 0 Å². The topological polar surface area (TPSA) is 45.7 Å². The molecule has 4 nitrogen and oxygen atoms in total. The predicted octanol–water partition coefficient (Wildman–Crippen LogP) is 4.49. The average molecular weight is 479 g/mol. The molecular weight excluding hydrogens is 449 g/mol. The van der Waals surface area contributed by atoms with E-state index >= 15 is 0 Å². The quantitative estimate of drug-likeness (QED) is 0.317. The van der Waals surface area contributed by atoms with Crippen molar-refractivity contribution >= 4 is 29.9 Å². The number of guanidine groups is 1. The Morgan fingerprint density at radius 2 is 1.67 bits per heavy atom. The number of aliphatic imine (C=N–C) groups is 1. The lowest BCUT2D eigenvalue weighted by Gasteiger charge is -2.11. The van der Waals surface area contributed by atoms with Crippen molar-refractivity contribution in [2.24, 2.45) is 10.9 Å². The third kappa shape index (κ3) is 8.30. The molecule has 1 aliphatic carbocycles. The zero-order valence-corrected chi connectivity index (χ0v) is 18.3. The van der Waals surface area contributed by atoms with Crippen molar-refractivity contribution in [2.45, 2.75) is 39.5 Å². The van der Waals surface area contributed by atoms with Crippen LogP contribution >= 0.6 is 24.0 Å². The molecule has 27 heavy (non-hydrogen) atoms. The van der Waals surface area contributed by atoms with E-state index in [4.69, 9.17) is 9.73 Å². The van der Waals surface area contributed by atoms with Crippen molar-refractivity contribution in [3.8, 4) is 0 Å². The fourth-order valence-electron chi connectivity index (χ4n) is 2.75. The van der Waals surface area contributed by atoms with Crippen molar-refractivity contribution < 1.29 is 4.74 Å². The van der Waals surface area contributed by atoms with Crippen LogP contribution in [0.1, 0.15) is 36.5 Å². The summed E-state index contributed by atoms with van der Waals surface area (Å²) in [6.45, 7) is 5.93. The number of rotatable bonds is 9. The summed E-state index contributed by atoms with van der Waals surface area (Å²) < 4.78 is 5.84. The summed E-state index contributed by atoms with van der Waals surface area (Å²) in [7, 11) is 0. The minimum Gasteiger partial charge on any atom is -0.372 e. The molecule has 0 spiro atoms. The second-order valence-corrected chi connectivity index (χ2v) is 6.82. The highest BCUT2D eigenvalue weighted by molar-refractivity contribution is 14.0. The highest BCUT2D eigenvalue weighted by Crippen LogP contribution is 2.27. The first-order valence-corrected chi connectivity index (χ1v) is 9.55. The van der Waals surface area contributed by atoms with Crippen LogP contribution in [-0.4, -0.2) is 19.0 Å². The lowest BCUT2D eigenvalue weighted by Crippen LogP contribution is -2.38. The molecule has 0 aliphatic heterocycles. The molecule has 0 saturated heterocycles. The van der Waals surface area contributed by atoms with E-state index in [1.165, 1.54) is 29.5 Å². The van der Waals surface area contributed by atoms with Gasteiger partial charge in [0.15, 0.2) is 5.96 Å². The SMILES string of the molecule is CCNC(=NCc1cccc(COCc2ccccc2)c1)NCC1CC1.I. The van der Waals surface area contributed by atoms with E-state index in [9.17, 15) is 0 Å². The minimum atomic E-state index is 0. The highest BCUT2D eigenvalue weighted by Gasteiger charge is 2.20. The molecule has 2 aromatic rings. The van der Waals surface area contributed by atoms with Crippen molar-refractivity contribution in [2.75, 3.05) is 13.1 Å². The number of benzene rings is 2. The van der Waals surface area contributed by atoms with Gasteiger partial charge in [-0.2, -0.15) is 0 Å². The van der Waals surface area contributed by atoms with Crippen molar-refractivity contribution in [1.29, 1.82) is 0 Å². The fourth-order valence-corrected chi connectivity index (χ4v) is 2.75. The molecule has 1 aliphatic rings. The van der Waals surface area contributed by atoms with E-state index in [0.29, 0.717) is 19.8 Å². The van der Waals surface area contributed by atoms with E-state index in [0.717, 1.165) is 25.0 Å². The highest BCUT2D eigenvalue weighted by atomic mass is 127. The zero-order valence-electron chi connectivity index (χ0n) is 16.0. The Bertz CT molecular complexity index is 702. The lowest BCUT2D eigenvalue weighted by atomic mass is 10.1. The van der Waals surface area contributed by atoms with Gasteiger partial charge in [-0.25, -0.2) is 4.99 Å². The summed E-state index contributed by atoms with van der Waals surface area (Å²) in [5.74, 6) is 1.74. The van der Waals surface area contributed by atoms with Crippen LogP contribution in [-0.2, 0) is 24.5 Å². The molecule has 1 saturated carbocycles. The first kappa shape index (κ1) is 21.7. The summed E-state index contributed by atoms with van der Waals surface area (Å²) >= 11 is 0. The van der Waals surface area contributed by atoms with Gasteiger partial charge in [0.2, 0.25) is 0 Å². The smallest absolute Gasteiger partial charge is 0.191 e. The van der Waals surface area contributed by atoms with Crippen molar-refractivity contribution in [3.05, 3.63) is 71.3 Å². The first-order valence-electron chi connectivity index (χ1n) is 9.55. The molecule has 1 fully saturated rings. The first-order chi connectivity index (χ1) is 12.8. The fraction of sp³-hybridized carbons (Fsp3) is 0.409. The Kier molecular flexibility index (Phi) is 9.62. The van der Waals surface area contributed by atoms with Gasteiger partial charge in [-0.1, -0.05) is 54.6 Å². The lowest BCUT2D eigenvalue weighted by molar-refractivity contribution is 0.107. The summed E-state index contributed by atoms with van der Waals surface area (Å²) in [5.41, 5.74) is 3.59. The van der Waals surface area contributed by atoms with E-state index in [1.54, 1.807) is 0 Å². The molecule has 0 heterocycles. The number of nitrogens with zero attached hydrogens (tertiary/aromatic N) is 1. The molecule has 0 amide bonds. The Labute approximate surface area is 179 Å². The summed E-state index contributed by atoms with van der Waals surface area (Å²) in [6, 6.07) is 18.8. The molecule has 0 bridgehead atoms. The molecule has 2 N–H and O–H groups in total. The Morgan fingerprint density at radius 1 is 0.963 bits per heavy atom. The normalized spacial score (nSPS) is 13.7. The second kappa shape index (κ2) is 12.0. The van der Waals surface area contributed by atoms with Gasteiger partial charge < -0.3 is 15.4 Å². The Balaban J connectivity index is 0.00000261. The predicted molar refractivity (Wildman–Crippen MR) is 122 cm³/mol. The van der Waals surface area contributed by atoms with Crippen LogP contribution in [0.15, 0.2) is 59.6 Å². The summed E-state index contributed by atoms with van der Waals surface area (Å²) in [6.07, 6.45) is 2.69. The Hall–Kier alpha value is -1.60. The molecular formula is C22H30IN3O. The molecule has 0 aromatic heterocycles. The van der Waals surface area contributed by atoms with Crippen LogP contribution in [0, 0.1) is 5.92 Å². The molecule has 3 rings (SSSR count). The summed E-state index contributed by atoms with van der Waals surface area (Å²) in [4.78, 5) is 4.71. The standard InChI is InChI=1S/C22H29N3O.HI/c1-2-23-22(24-14-18-11-12-18)25-15-20-9-6-10-21(13-20)17-26-16-19-7-4-3-5-8-19;/h3-10,13,18H,2,11-12,14-17H2,1H3,(H2,23,24,25);1H. The van der Waals surface area contributed by atoms with Gasteiger partial charge in [0, 0.05) is 13.1 Å². The van der Waals surface area contributed by atoms with Crippen molar-refractivity contribution in [3.63, 3.8) is 0 Å². The number of hydrogen-bond donors (Lipinski definition) is 2. The zero-order chi connectivity index (χ0) is 18.0. The van der Waals surface area contributed by atoms with Gasteiger partial charge in [-0.15, -0.1) is 24.0 Å². The van der Waals surface area contributed by atoms with Crippen LogP contribution in [0.4, 0.5) is 0 Å². The third-order valence-corrected chi connectivity index (χ3v) is 4.39. The number of ether oxygens (including phenoxy) is 1. The molecule has 0 unspecified atom stereocenters. The number of halogens is 1. The summed E-state index contributed by atoms with van der Waals surface area (Å²) in [5, 5.41) is 6.75. The molecule has 5 heteroatoms. The van der Waals surface area contributed by atoms with Crippen LogP contribution in [0.25, 0.3) is 0 Å². The van der Waals surface area contributed by atoms with E-state index in [2.05, 4.69) is 54.0 Å². The van der Waals surface area contributed by atoms with E-state index < -0.39 is 0 Å². The maximum Gasteiger partial charge on any atom is 0.191 e. The molecule has 0 atom stereocenters. The minimum absolute atomic E-state index is 0. The van der Waals surface area contributed by atoms with Crippen molar-refractivity contribution in [1.82, 2.24) is 10.6 Å². The maximum atomic E-state index is 5.84. The third-order valence-electron chi connectivity index (χ3n) is 4.39.